The number of nitrogens with one attached hydrogen (secondary N) is 1. The summed E-state index contributed by atoms with van der Waals surface area (Å²) in [4.78, 5) is 15.1. The van der Waals surface area contributed by atoms with Crippen LogP contribution in [0.25, 0.3) is 0 Å². The van der Waals surface area contributed by atoms with Crippen LogP contribution in [0.5, 0.6) is 5.75 Å². The van der Waals surface area contributed by atoms with Gasteiger partial charge in [-0.3, -0.25) is 4.90 Å². The summed E-state index contributed by atoms with van der Waals surface area (Å²) < 4.78 is 5.29. The lowest BCUT2D eigenvalue weighted by molar-refractivity contribution is 0.0819. The molecule has 1 atom stereocenters. The minimum Gasteiger partial charge on any atom is -0.497 e. The van der Waals surface area contributed by atoms with Crippen molar-refractivity contribution in [2.75, 3.05) is 38.6 Å². The highest BCUT2D eigenvalue weighted by molar-refractivity contribution is 5.65. The quantitative estimate of drug-likeness (QED) is 0.887. The Balaban J connectivity index is 1.54. The monoisotopic (exact) mass is 333 g/mol. The summed E-state index contributed by atoms with van der Waals surface area (Å²) in [6.07, 6.45) is 3.45. The fraction of sp³-hybridized carbons (Fsp3) is 0.611. The van der Waals surface area contributed by atoms with Crippen LogP contribution < -0.4 is 10.1 Å². The predicted molar refractivity (Wildman–Crippen MR) is 93.8 cm³/mol. The first-order chi connectivity index (χ1) is 11.7. The molecule has 2 aliphatic rings. The number of anilines is 1. The Kier molecular flexibility index (Phi) is 5.45. The van der Waals surface area contributed by atoms with Gasteiger partial charge in [0, 0.05) is 43.5 Å². The summed E-state index contributed by atoms with van der Waals surface area (Å²) in [5.41, 5.74) is 1.10. The van der Waals surface area contributed by atoms with Crippen molar-refractivity contribution < 1.29 is 14.6 Å². The van der Waals surface area contributed by atoms with E-state index >= 15 is 0 Å². The van der Waals surface area contributed by atoms with Gasteiger partial charge in [0.15, 0.2) is 0 Å². The van der Waals surface area contributed by atoms with Crippen LogP contribution in [0.15, 0.2) is 24.3 Å². The molecular weight excluding hydrogens is 306 g/mol. The van der Waals surface area contributed by atoms with Crippen molar-refractivity contribution >= 4 is 11.8 Å². The van der Waals surface area contributed by atoms with Gasteiger partial charge >= 0.3 is 6.09 Å². The first kappa shape index (κ1) is 16.9. The number of piperidine rings is 2. The van der Waals surface area contributed by atoms with Crippen LogP contribution in [-0.4, -0.2) is 66.4 Å². The number of amides is 1. The van der Waals surface area contributed by atoms with Crippen molar-refractivity contribution in [3.05, 3.63) is 24.3 Å². The van der Waals surface area contributed by atoms with Gasteiger partial charge in [0.2, 0.25) is 0 Å². The molecule has 2 heterocycles. The Morgan fingerprint density at radius 1 is 1.25 bits per heavy atom. The van der Waals surface area contributed by atoms with Gasteiger partial charge in [-0.1, -0.05) is 6.07 Å². The third kappa shape index (κ3) is 4.12. The van der Waals surface area contributed by atoms with Gasteiger partial charge in [-0.05, 0) is 44.4 Å². The number of rotatable bonds is 4. The maximum absolute atomic E-state index is 11.0. The zero-order valence-electron chi connectivity index (χ0n) is 14.3. The smallest absolute Gasteiger partial charge is 0.407 e. The highest BCUT2D eigenvalue weighted by Crippen LogP contribution is 2.24. The maximum Gasteiger partial charge on any atom is 0.407 e. The van der Waals surface area contributed by atoms with E-state index < -0.39 is 6.09 Å². The Bertz CT molecular complexity index is 558. The number of ether oxygens (including phenoxy) is 1. The molecule has 132 valence electrons. The summed E-state index contributed by atoms with van der Waals surface area (Å²) in [5, 5.41) is 12.7. The van der Waals surface area contributed by atoms with Gasteiger partial charge in [0.25, 0.3) is 0 Å². The lowest BCUT2D eigenvalue weighted by Gasteiger charge is -2.42. The second-order valence-electron chi connectivity index (χ2n) is 6.71. The largest absolute Gasteiger partial charge is 0.497 e. The fourth-order valence-corrected chi connectivity index (χ4v) is 3.83. The van der Waals surface area contributed by atoms with Crippen LogP contribution in [0.4, 0.5) is 10.5 Å². The third-order valence-electron chi connectivity index (χ3n) is 5.14. The van der Waals surface area contributed by atoms with Gasteiger partial charge in [-0.15, -0.1) is 0 Å². The van der Waals surface area contributed by atoms with E-state index in [2.05, 4.69) is 16.3 Å². The van der Waals surface area contributed by atoms with Crippen LogP contribution in [0.3, 0.4) is 0 Å². The van der Waals surface area contributed by atoms with E-state index in [4.69, 9.17) is 9.84 Å². The molecular formula is C18H27N3O3. The molecule has 1 aromatic carbocycles. The molecule has 2 saturated heterocycles. The van der Waals surface area contributed by atoms with E-state index in [-0.39, 0.29) is 0 Å². The van der Waals surface area contributed by atoms with Crippen LogP contribution in [0, 0.1) is 0 Å². The molecule has 1 unspecified atom stereocenters. The van der Waals surface area contributed by atoms with Crippen LogP contribution in [0.2, 0.25) is 0 Å². The highest BCUT2D eigenvalue weighted by atomic mass is 16.5. The summed E-state index contributed by atoms with van der Waals surface area (Å²) in [6.45, 7) is 3.46. The number of methoxy groups -OCH3 is 1. The molecule has 2 aliphatic heterocycles. The standard InChI is InChI=1S/C18H27N3O3/c1-24-17-6-2-4-14(12-17)19-15-5-3-9-21(13-15)16-7-10-20(11-8-16)18(22)23/h2,4,6,12,15-16,19H,3,5,7-11,13H2,1H3,(H,22,23). The maximum atomic E-state index is 11.0. The van der Waals surface area contributed by atoms with Gasteiger partial charge in [0.1, 0.15) is 5.75 Å². The SMILES string of the molecule is COc1cccc(NC2CCCN(C3CCN(C(=O)O)CC3)C2)c1. The van der Waals surface area contributed by atoms with Crippen LogP contribution in [0.1, 0.15) is 25.7 Å². The molecule has 1 aromatic rings. The van der Waals surface area contributed by atoms with Gasteiger partial charge in [-0.25, -0.2) is 4.79 Å². The van der Waals surface area contributed by atoms with Gasteiger partial charge in [0.05, 0.1) is 7.11 Å². The number of hydrogen-bond donors (Lipinski definition) is 2. The van der Waals surface area contributed by atoms with Crippen molar-refractivity contribution in [2.45, 2.75) is 37.8 Å². The van der Waals surface area contributed by atoms with E-state index in [1.807, 2.05) is 18.2 Å². The van der Waals surface area contributed by atoms with Crippen LogP contribution >= 0.6 is 0 Å². The number of carbonyl (C=O) groups is 1. The minimum atomic E-state index is -0.787. The molecule has 0 aromatic heterocycles. The second kappa shape index (κ2) is 7.75. The molecule has 6 nitrogen and oxygen atoms in total. The number of benzene rings is 1. The molecule has 3 rings (SSSR count). The van der Waals surface area contributed by atoms with Crippen LogP contribution in [-0.2, 0) is 0 Å². The number of nitrogens with zero attached hydrogens (tertiary/aromatic N) is 2. The summed E-state index contributed by atoms with van der Waals surface area (Å²) in [5.74, 6) is 0.869. The predicted octanol–water partition coefficient (Wildman–Crippen LogP) is 2.71. The molecule has 24 heavy (non-hydrogen) atoms. The molecule has 2 fully saturated rings. The molecule has 0 radical (unpaired) electrons. The first-order valence-electron chi connectivity index (χ1n) is 8.78. The molecule has 0 saturated carbocycles. The van der Waals surface area contributed by atoms with Crippen molar-refractivity contribution in [1.29, 1.82) is 0 Å². The van der Waals surface area contributed by atoms with E-state index in [0.29, 0.717) is 25.2 Å². The number of hydrogen-bond acceptors (Lipinski definition) is 4. The highest BCUT2D eigenvalue weighted by Gasteiger charge is 2.30. The average molecular weight is 333 g/mol. The summed E-state index contributed by atoms with van der Waals surface area (Å²) in [6, 6.07) is 9.01. The Hall–Kier alpha value is -1.95. The van der Waals surface area contributed by atoms with E-state index in [1.165, 1.54) is 17.7 Å². The van der Waals surface area contributed by atoms with Gasteiger partial charge in [-0.2, -0.15) is 0 Å². The Labute approximate surface area is 143 Å². The first-order valence-corrected chi connectivity index (χ1v) is 8.78. The molecule has 6 heteroatoms. The summed E-state index contributed by atoms with van der Waals surface area (Å²) in [7, 11) is 1.69. The van der Waals surface area contributed by atoms with E-state index in [0.717, 1.165) is 37.4 Å². The molecule has 0 aliphatic carbocycles. The molecule has 0 spiro atoms. The molecule has 1 amide bonds. The van der Waals surface area contributed by atoms with Crippen molar-refractivity contribution in [1.82, 2.24) is 9.80 Å². The zero-order chi connectivity index (χ0) is 16.9. The molecule has 0 bridgehead atoms. The van der Waals surface area contributed by atoms with Crippen molar-refractivity contribution in [2.24, 2.45) is 0 Å². The zero-order valence-corrected chi connectivity index (χ0v) is 14.3. The Morgan fingerprint density at radius 3 is 2.75 bits per heavy atom. The average Bonchev–Trinajstić information content (AvgIpc) is 2.62. The van der Waals surface area contributed by atoms with Crippen molar-refractivity contribution in [3.63, 3.8) is 0 Å². The lowest BCUT2D eigenvalue weighted by Crippen LogP contribution is -2.51. The Morgan fingerprint density at radius 2 is 2.04 bits per heavy atom. The minimum absolute atomic E-state index is 0.434. The van der Waals surface area contributed by atoms with E-state index in [9.17, 15) is 4.79 Å². The normalized spacial score (nSPS) is 23.0. The number of likely N-dealkylation sites (tertiary alicyclic amines) is 2. The third-order valence-corrected chi connectivity index (χ3v) is 5.14. The molecule has 2 N–H and O–H groups in total. The van der Waals surface area contributed by atoms with Gasteiger partial charge < -0.3 is 20.1 Å². The van der Waals surface area contributed by atoms with E-state index in [1.54, 1.807) is 7.11 Å². The lowest BCUT2D eigenvalue weighted by atomic mass is 9.98. The number of carboxylic acid groups (broad SMARTS) is 1. The summed E-state index contributed by atoms with van der Waals surface area (Å²) >= 11 is 0. The second-order valence-corrected chi connectivity index (χ2v) is 6.71. The van der Waals surface area contributed by atoms with Crippen molar-refractivity contribution in [3.8, 4) is 5.75 Å². The topological polar surface area (TPSA) is 65.0 Å². The fourth-order valence-electron chi connectivity index (χ4n) is 3.83.